The lowest BCUT2D eigenvalue weighted by molar-refractivity contribution is -0.117. The highest BCUT2D eigenvalue weighted by atomic mass is 35.5. The Balaban J connectivity index is 1.49. The van der Waals surface area contributed by atoms with Gasteiger partial charge in [0.05, 0.1) is 12.7 Å². The lowest BCUT2D eigenvalue weighted by Gasteiger charge is -2.25. The summed E-state index contributed by atoms with van der Waals surface area (Å²) in [5.41, 5.74) is 3.47. The van der Waals surface area contributed by atoms with E-state index in [1.165, 1.54) is 17.2 Å². The first-order chi connectivity index (χ1) is 11.2. The van der Waals surface area contributed by atoms with Crippen LogP contribution in [-0.2, 0) is 22.6 Å². The first kappa shape index (κ1) is 15.8. The summed E-state index contributed by atoms with van der Waals surface area (Å²) in [4.78, 5) is 11.9. The highest BCUT2D eigenvalue weighted by Crippen LogP contribution is 2.19. The molecule has 0 spiro atoms. The molecule has 1 unspecified atom stereocenters. The number of rotatable bonds is 4. The molecule has 1 aliphatic rings. The molecule has 1 atom stereocenters. The molecule has 0 saturated heterocycles. The van der Waals surface area contributed by atoms with Crippen molar-refractivity contribution in [2.45, 2.75) is 19.1 Å². The predicted octanol–water partition coefficient (Wildman–Crippen LogP) is 3.61. The number of carbonyl (C=O) groups is 1. The number of hydrogen-bond acceptors (Lipinski definition) is 2. The summed E-state index contributed by atoms with van der Waals surface area (Å²) >= 11 is 5.83. The standard InChI is InChI=1S/C19H18ClNO2/c20-17-8-5-14(6-9-17)7-10-19(22)21-12-18-11-15-3-1-2-4-16(15)13-23-18/h1-10,18H,11-13H2,(H,21,22)/b10-7+. The second kappa shape index (κ2) is 7.44. The van der Waals surface area contributed by atoms with Gasteiger partial charge in [-0.15, -0.1) is 0 Å². The summed E-state index contributed by atoms with van der Waals surface area (Å²) in [6.45, 7) is 1.12. The number of nitrogens with one attached hydrogen (secondary N) is 1. The molecule has 1 heterocycles. The quantitative estimate of drug-likeness (QED) is 0.871. The Morgan fingerprint density at radius 2 is 1.91 bits per heavy atom. The number of ether oxygens (including phenoxy) is 1. The van der Waals surface area contributed by atoms with Gasteiger partial charge in [0.1, 0.15) is 0 Å². The van der Waals surface area contributed by atoms with Gasteiger partial charge in [0, 0.05) is 24.1 Å². The lowest BCUT2D eigenvalue weighted by Crippen LogP contribution is -2.36. The first-order valence-electron chi connectivity index (χ1n) is 7.60. The van der Waals surface area contributed by atoms with E-state index < -0.39 is 0 Å². The van der Waals surface area contributed by atoms with Crippen LogP contribution in [0.4, 0.5) is 0 Å². The Morgan fingerprint density at radius 3 is 2.70 bits per heavy atom. The fourth-order valence-electron chi connectivity index (χ4n) is 2.56. The van der Waals surface area contributed by atoms with Crippen molar-refractivity contribution in [3.05, 3.63) is 76.3 Å². The Morgan fingerprint density at radius 1 is 1.17 bits per heavy atom. The minimum absolute atomic E-state index is 0.0257. The minimum atomic E-state index is -0.123. The molecule has 4 heteroatoms. The zero-order valence-corrected chi connectivity index (χ0v) is 13.4. The molecule has 0 fully saturated rings. The Bertz CT molecular complexity index is 710. The average molecular weight is 328 g/mol. The number of halogens is 1. The molecule has 1 N–H and O–H groups in total. The van der Waals surface area contributed by atoms with E-state index in [-0.39, 0.29) is 12.0 Å². The summed E-state index contributed by atoms with van der Waals surface area (Å²) in [6, 6.07) is 15.6. The van der Waals surface area contributed by atoms with Crippen molar-refractivity contribution < 1.29 is 9.53 Å². The van der Waals surface area contributed by atoms with Crippen LogP contribution in [0.1, 0.15) is 16.7 Å². The molecule has 0 aliphatic carbocycles. The zero-order valence-electron chi connectivity index (χ0n) is 12.7. The van der Waals surface area contributed by atoms with E-state index in [1.807, 2.05) is 24.3 Å². The maximum atomic E-state index is 11.9. The highest BCUT2D eigenvalue weighted by Gasteiger charge is 2.18. The van der Waals surface area contributed by atoms with E-state index in [0.717, 1.165) is 12.0 Å². The van der Waals surface area contributed by atoms with Gasteiger partial charge in [-0.2, -0.15) is 0 Å². The van der Waals surface area contributed by atoms with E-state index in [2.05, 4.69) is 17.4 Å². The van der Waals surface area contributed by atoms with Crippen LogP contribution < -0.4 is 5.32 Å². The third-order valence-electron chi connectivity index (χ3n) is 3.84. The largest absolute Gasteiger partial charge is 0.371 e. The summed E-state index contributed by atoms with van der Waals surface area (Å²) in [5, 5.41) is 3.57. The minimum Gasteiger partial charge on any atom is -0.371 e. The average Bonchev–Trinajstić information content (AvgIpc) is 2.59. The van der Waals surface area contributed by atoms with Crippen molar-refractivity contribution in [2.24, 2.45) is 0 Å². The highest BCUT2D eigenvalue weighted by molar-refractivity contribution is 6.30. The molecule has 2 aromatic rings. The molecule has 1 amide bonds. The van der Waals surface area contributed by atoms with E-state index in [4.69, 9.17) is 16.3 Å². The van der Waals surface area contributed by atoms with Crippen molar-refractivity contribution in [3.8, 4) is 0 Å². The summed E-state index contributed by atoms with van der Waals surface area (Å²) in [6.07, 6.45) is 4.15. The number of amides is 1. The number of benzene rings is 2. The molecular formula is C19H18ClNO2. The fraction of sp³-hybridized carbons (Fsp3) is 0.211. The van der Waals surface area contributed by atoms with Gasteiger partial charge in [-0.3, -0.25) is 4.79 Å². The van der Waals surface area contributed by atoms with Crippen LogP contribution in [0.5, 0.6) is 0 Å². The van der Waals surface area contributed by atoms with Crippen LogP contribution >= 0.6 is 11.6 Å². The molecule has 1 aliphatic heterocycles. The Kier molecular flexibility index (Phi) is 5.11. The monoisotopic (exact) mass is 327 g/mol. The van der Waals surface area contributed by atoms with Crippen molar-refractivity contribution in [3.63, 3.8) is 0 Å². The molecule has 3 nitrogen and oxygen atoms in total. The van der Waals surface area contributed by atoms with Crippen molar-refractivity contribution in [2.75, 3.05) is 6.54 Å². The number of carbonyl (C=O) groups excluding carboxylic acids is 1. The normalized spacial score (nSPS) is 17.0. The third kappa shape index (κ3) is 4.44. The van der Waals surface area contributed by atoms with Crippen LogP contribution in [0.3, 0.4) is 0 Å². The van der Waals surface area contributed by atoms with E-state index in [9.17, 15) is 4.79 Å². The molecule has 23 heavy (non-hydrogen) atoms. The maximum Gasteiger partial charge on any atom is 0.244 e. The smallest absolute Gasteiger partial charge is 0.244 e. The first-order valence-corrected chi connectivity index (χ1v) is 7.98. The summed E-state index contributed by atoms with van der Waals surface area (Å²) in [5.74, 6) is -0.123. The molecule has 0 bridgehead atoms. The molecule has 2 aromatic carbocycles. The van der Waals surface area contributed by atoms with Gasteiger partial charge < -0.3 is 10.1 Å². The van der Waals surface area contributed by atoms with Crippen LogP contribution in [0.25, 0.3) is 6.08 Å². The van der Waals surface area contributed by atoms with Gasteiger partial charge in [-0.25, -0.2) is 0 Å². The van der Waals surface area contributed by atoms with Crippen LogP contribution in [0.15, 0.2) is 54.6 Å². The second-order valence-electron chi connectivity index (χ2n) is 5.54. The Hall–Kier alpha value is -2.10. The van der Waals surface area contributed by atoms with Crippen molar-refractivity contribution in [1.82, 2.24) is 5.32 Å². The number of hydrogen-bond donors (Lipinski definition) is 1. The van der Waals surface area contributed by atoms with E-state index in [0.29, 0.717) is 18.2 Å². The number of fused-ring (bicyclic) bond motifs is 1. The van der Waals surface area contributed by atoms with Crippen LogP contribution in [0.2, 0.25) is 5.02 Å². The van der Waals surface area contributed by atoms with Gasteiger partial charge in [0.15, 0.2) is 0 Å². The molecule has 118 valence electrons. The Labute approximate surface area is 140 Å². The van der Waals surface area contributed by atoms with Gasteiger partial charge in [-0.05, 0) is 34.9 Å². The predicted molar refractivity (Wildman–Crippen MR) is 92.2 cm³/mol. The fourth-order valence-corrected chi connectivity index (χ4v) is 2.69. The van der Waals surface area contributed by atoms with Crippen molar-refractivity contribution in [1.29, 1.82) is 0 Å². The summed E-state index contributed by atoms with van der Waals surface area (Å²) < 4.78 is 5.78. The van der Waals surface area contributed by atoms with Gasteiger partial charge >= 0.3 is 0 Å². The van der Waals surface area contributed by atoms with E-state index >= 15 is 0 Å². The van der Waals surface area contributed by atoms with E-state index in [1.54, 1.807) is 18.2 Å². The molecular weight excluding hydrogens is 310 g/mol. The van der Waals surface area contributed by atoms with Crippen LogP contribution in [0, 0.1) is 0 Å². The van der Waals surface area contributed by atoms with Crippen LogP contribution in [-0.4, -0.2) is 18.6 Å². The molecule has 0 saturated carbocycles. The van der Waals surface area contributed by atoms with Gasteiger partial charge in [0.25, 0.3) is 0 Å². The molecule has 0 aromatic heterocycles. The topological polar surface area (TPSA) is 38.3 Å². The SMILES string of the molecule is O=C(/C=C/c1ccc(Cl)cc1)NCC1Cc2ccccc2CO1. The molecule has 0 radical (unpaired) electrons. The maximum absolute atomic E-state index is 11.9. The lowest BCUT2D eigenvalue weighted by atomic mass is 9.99. The third-order valence-corrected chi connectivity index (χ3v) is 4.09. The summed E-state index contributed by atoms with van der Waals surface area (Å²) in [7, 11) is 0. The molecule has 3 rings (SSSR count). The second-order valence-corrected chi connectivity index (χ2v) is 5.97. The van der Waals surface area contributed by atoms with Gasteiger partial charge in [-0.1, -0.05) is 48.0 Å². The van der Waals surface area contributed by atoms with Gasteiger partial charge in [0.2, 0.25) is 5.91 Å². The zero-order chi connectivity index (χ0) is 16.1. The van der Waals surface area contributed by atoms with Crippen molar-refractivity contribution >= 4 is 23.6 Å².